The molecule has 1 aliphatic carbocycles. The number of nitrogens with zero attached hydrogens (tertiary/aromatic N) is 1. The molecule has 2 rings (SSSR count). The molecule has 2 atom stereocenters. The van der Waals surface area contributed by atoms with Crippen LogP contribution in [0.5, 0.6) is 0 Å². The van der Waals surface area contributed by atoms with Gasteiger partial charge in [0.15, 0.2) is 0 Å². The van der Waals surface area contributed by atoms with Crippen molar-refractivity contribution in [1.82, 2.24) is 5.32 Å². The summed E-state index contributed by atoms with van der Waals surface area (Å²) < 4.78 is 5.37. The van der Waals surface area contributed by atoms with E-state index in [1.807, 2.05) is 18.2 Å². The Labute approximate surface area is 150 Å². The second-order valence-corrected chi connectivity index (χ2v) is 6.84. The van der Waals surface area contributed by atoms with Crippen LogP contribution < -0.4 is 5.32 Å². The van der Waals surface area contributed by atoms with Gasteiger partial charge in [0, 0.05) is 19.4 Å². The van der Waals surface area contributed by atoms with Crippen LogP contribution in [0.4, 0.5) is 0 Å². The summed E-state index contributed by atoms with van der Waals surface area (Å²) in [4.78, 5) is 11.4. The molecule has 0 heterocycles. The zero-order valence-corrected chi connectivity index (χ0v) is 15.4. The first kappa shape index (κ1) is 19.4. The van der Waals surface area contributed by atoms with Crippen LogP contribution in [0.2, 0.25) is 0 Å². The number of rotatable bonds is 10. The highest BCUT2D eigenvalue weighted by Crippen LogP contribution is 2.32. The van der Waals surface area contributed by atoms with Crippen LogP contribution in [-0.4, -0.2) is 24.7 Å². The fraction of sp³-hybridized carbons (Fsp3) is 0.600. The van der Waals surface area contributed by atoms with Gasteiger partial charge >= 0.3 is 0 Å². The molecule has 138 valence electrons. The summed E-state index contributed by atoms with van der Waals surface area (Å²) in [6.07, 6.45) is 6.53. The minimum atomic E-state index is -0.188. The molecule has 1 N–H and O–H groups in total. The highest BCUT2D eigenvalue weighted by Gasteiger charge is 2.31. The second kappa shape index (κ2) is 10.2. The number of nitro groups is 1. The number of benzene rings is 1. The molecule has 0 amide bonds. The monoisotopic (exact) mass is 346 g/mol. The maximum absolute atomic E-state index is 11.6. The minimum absolute atomic E-state index is 0.0413. The van der Waals surface area contributed by atoms with Crippen LogP contribution >= 0.6 is 0 Å². The van der Waals surface area contributed by atoms with E-state index in [2.05, 4.69) is 24.4 Å². The van der Waals surface area contributed by atoms with Gasteiger partial charge in [-0.3, -0.25) is 10.1 Å². The van der Waals surface area contributed by atoms with Crippen LogP contribution in [0.15, 0.2) is 41.7 Å². The lowest BCUT2D eigenvalue weighted by Gasteiger charge is -2.29. The molecule has 0 radical (unpaired) electrons. The fourth-order valence-electron chi connectivity index (χ4n) is 3.63. The molecule has 5 nitrogen and oxygen atoms in total. The maximum atomic E-state index is 11.6. The number of hydrogen-bond acceptors (Lipinski definition) is 4. The maximum Gasteiger partial charge on any atom is 0.265 e. The number of allylic oxidation sites excluding steroid dienone is 2. The van der Waals surface area contributed by atoms with Gasteiger partial charge in [0.2, 0.25) is 0 Å². The lowest BCUT2D eigenvalue weighted by Crippen LogP contribution is -2.39. The van der Waals surface area contributed by atoms with Crippen molar-refractivity contribution in [2.45, 2.75) is 57.9 Å². The number of hydrogen-bond donors (Lipinski definition) is 1. The van der Waals surface area contributed by atoms with Gasteiger partial charge in [-0.25, -0.2) is 0 Å². The van der Waals surface area contributed by atoms with Gasteiger partial charge in [0.25, 0.3) is 5.70 Å². The lowest BCUT2D eigenvalue weighted by molar-refractivity contribution is -0.431. The van der Waals surface area contributed by atoms with Crippen LogP contribution in [-0.2, 0) is 11.2 Å². The Hall–Kier alpha value is -1.88. The molecule has 0 aromatic heterocycles. The third-order valence-corrected chi connectivity index (χ3v) is 4.86. The third-order valence-electron chi connectivity index (χ3n) is 4.86. The Kier molecular flexibility index (Phi) is 7.92. The molecule has 0 saturated carbocycles. The van der Waals surface area contributed by atoms with Gasteiger partial charge in [-0.2, -0.15) is 0 Å². The van der Waals surface area contributed by atoms with E-state index in [4.69, 9.17) is 4.74 Å². The van der Waals surface area contributed by atoms with Gasteiger partial charge in [0.05, 0.1) is 23.3 Å². The summed E-state index contributed by atoms with van der Waals surface area (Å²) in [5.41, 5.74) is 2.44. The largest absolute Gasteiger partial charge is 0.383 e. The van der Waals surface area contributed by atoms with Crippen molar-refractivity contribution in [2.75, 3.05) is 13.7 Å². The minimum Gasteiger partial charge on any atom is -0.383 e. The Morgan fingerprint density at radius 3 is 2.76 bits per heavy atom. The van der Waals surface area contributed by atoms with E-state index in [0.29, 0.717) is 18.7 Å². The Balaban J connectivity index is 2.19. The van der Waals surface area contributed by atoms with E-state index in [0.717, 1.165) is 44.2 Å². The van der Waals surface area contributed by atoms with Crippen molar-refractivity contribution >= 4 is 0 Å². The van der Waals surface area contributed by atoms with Crippen LogP contribution in [0.25, 0.3) is 0 Å². The van der Waals surface area contributed by atoms with E-state index in [9.17, 15) is 10.1 Å². The Morgan fingerprint density at radius 2 is 2.12 bits per heavy atom. The van der Waals surface area contributed by atoms with E-state index < -0.39 is 0 Å². The first-order valence-corrected chi connectivity index (χ1v) is 9.32. The summed E-state index contributed by atoms with van der Waals surface area (Å²) in [5.74, 6) is 0.268. The van der Waals surface area contributed by atoms with Crippen molar-refractivity contribution < 1.29 is 9.66 Å². The molecule has 0 unspecified atom stereocenters. The van der Waals surface area contributed by atoms with E-state index in [1.165, 1.54) is 5.56 Å². The van der Waals surface area contributed by atoms with E-state index in [-0.39, 0.29) is 16.9 Å². The van der Waals surface area contributed by atoms with Crippen molar-refractivity contribution in [1.29, 1.82) is 0 Å². The van der Waals surface area contributed by atoms with E-state index >= 15 is 0 Å². The van der Waals surface area contributed by atoms with E-state index in [1.54, 1.807) is 7.11 Å². The number of methoxy groups -OCH3 is 1. The topological polar surface area (TPSA) is 64.4 Å². The first-order valence-electron chi connectivity index (χ1n) is 9.32. The van der Waals surface area contributed by atoms with Crippen molar-refractivity contribution in [3.05, 3.63) is 57.4 Å². The highest BCUT2D eigenvalue weighted by atomic mass is 16.6. The van der Waals surface area contributed by atoms with Crippen LogP contribution in [0.3, 0.4) is 0 Å². The fourth-order valence-corrected chi connectivity index (χ4v) is 3.63. The molecule has 0 bridgehead atoms. The zero-order chi connectivity index (χ0) is 18.1. The molecule has 5 heteroatoms. The third kappa shape index (κ3) is 5.85. The second-order valence-electron chi connectivity index (χ2n) is 6.84. The Morgan fingerprint density at radius 1 is 1.36 bits per heavy atom. The summed E-state index contributed by atoms with van der Waals surface area (Å²) in [5, 5.41) is 15.1. The summed E-state index contributed by atoms with van der Waals surface area (Å²) in [6, 6.07) is 10.2. The Bertz CT molecular complexity index is 572. The molecule has 25 heavy (non-hydrogen) atoms. The SMILES string of the molecule is CCCC[C@@H]1CCCC([N+](=O)[O-])=C1N[C@H](COC)Cc1ccccc1. The van der Waals surface area contributed by atoms with Gasteiger partial charge in [-0.15, -0.1) is 0 Å². The quantitative estimate of drug-likeness (QED) is 0.506. The standard InChI is InChI=1S/C20H30N2O3/c1-3-4-11-17-12-8-13-19(22(23)24)20(17)21-18(15-25-2)14-16-9-6-5-7-10-16/h5-7,9-10,17-18,21H,3-4,8,11-15H2,1-2H3/t17-,18+/m1/s1. The molecule has 1 aromatic carbocycles. The van der Waals surface area contributed by atoms with Gasteiger partial charge < -0.3 is 10.1 Å². The highest BCUT2D eigenvalue weighted by molar-refractivity contribution is 5.19. The summed E-state index contributed by atoms with van der Waals surface area (Å²) in [7, 11) is 1.68. The molecule has 1 aliphatic rings. The molecule has 0 spiro atoms. The smallest absolute Gasteiger partial charge is 0.265 e. The van der Waals surface area contributed by atoms with Gasteiger partial charge in [-0.05, 0) is 31.2 Å². The number of nitrogens with one attached hydrogen (secondary N) is 1. The molecule has 0 aliphatic heterocycles. The molecular formula is C20H30N2O3. The summed E-state index contributed by atoms with van der Waals surface area (Å²) in [6.45, 7) is 2.70. The average molecular weight is 346 g/mol. The molecular weight excluding hydrogens is 316 g/mol. The van der Waals surface area contributed by atoms with Crippen molar-refractivity contribution in [3.63, 3.8) is 0 Å². The molecule has 0 fully saturated rings. The molecule has 1 aromatic rings. The van der Waals surface area contributed by atoms with Gasteiger partial charge in [0.1, 0.15) is 0 Å². The summed E-state index contributed by atoms with van der Waals surface area (Å²) >= 11 is 0. The lowest BCUT2D eigenvalue weighted by atomic mass is 9.85. The zero-order valence-electron chi connectivity index (χ0n) is 15.4. The van der Waals surface area contributed by atoms with Crippen LogP contribution in [0.1, 0.15) is 51.0 Å². The van der Waals surface area contributed by atoms with Crippen molar-refractivity contribution in [2.24, 2.45) is 5.92 Å². The normalized spacial score (nSPS) is 18.9. The average Bonchev–Trinajstić information content (AvgIpc) is 2.61. The number of unbranched alkanes of at least 4 members (excludes halogenated alkanes) is 1. The van der Waals surface area contributed by atoms with Crippen molar-refractivity contribution in [3.8, 4) is 0 Å². The predicted octanol–water partition coefficient (Wildman–Crippen LogP) is 4.31. The molecule has 0 saturated heterocycles. The van der Waals surface area contributed by atoms with Crippen LogP contribution in [0, 0.1) is 16.0 Å². The first-order chi connectivity index (χ1) is 12.2. The predicted molar refractivity (Wildman–Crippen MR) is 99.8 cm³/mol. The van der Waals surface area contributed by atoms with Gasteiger partial charge in [-0.1, -0.05) is 50.1 Å². The number of ether oxygens (including phenoxy) is 1.